The van der Waals surface area contributed by atoms with E-state index >= 15 is 0 Å². The number of nitrogens with one attached hydrogen (secondary N) is 1. The number of fused-ring (bicyclic) bond motifs is 1. The first-order chi connectivity index (χ1) is 14.9. The van der Waals surface area contributed by atoms with E-state index in [9.17, 15) is 19.1 Å². The van der Waals surface area contributed by atoms with Crippen LogP contribution < -0.4 is 11.4 Å². The highest BCUT2D eigenvalue weighted by molar-refractivity contribution is 6.38. The fraction of sp³-hybridized carbons (Fsp3) is 0.238. The van der Waals surface area contributed by atoms with Gasteiger partial charge in [-0.25, -0.2) is 9.45 Å². The first kappa shape index (κ1) is 20.6. The Morgan fingerprint density at radius 3 is 2.84 bits per heavy atom. The Kier molecular flexibility index (Phi) is 5.74. The molecular weight excluding hydrogens is 405 g/mol. The van der Waals surface area contributed by atoms with Crippen molar-refractivity contribution in [3.05, 3.63) is 69.4 Å². The Balaban J connectivity index is 1.52. The second-order valence-electron chi connectivity index (χ2n) is 7.18. The van der Waals surface area contributed by atoms with Crippen LogP contribution in [-0.2, 0) is 9.63 Å². The predicted octanol–water partition coefficient (Wildman–Crippen LogP) is 1.14. The third-order valence-electron chi connectivity index (χ3n) is 5.00. The number of aromatic amines is 1. The van der Waals surface area contributed by atoms with Crippen molar-refractivity contribution in [1.29, 1.82) is 0 Å². The number of hydrogen-bond donors (Lipinski definition) is 3. The summed E-state index contributed by atoms with van der Waals surface area (Å²) in [6, 6.07) is 5.55. The van der Waals surface area contributed by atoms with Gasteiger partial charge in [0, 0.05) is 22.2 Å². The van der Waals surface area contributed by atoms with Gasteiger partial charge < -0.3 is 15.9 Å². The number of hydrogen-bond acceptors (Lipinski definition) is 7. The average Bonchev–Trinajstić information content (AvgIpc) is 3.21. The topological polar surface area (TPSA) is 133 Å². The molecule has 31 heavy (non-hydrogen) atoms. The van der Waals surface area contributed by atoms with Crippen LogP contribution in [0, 0.1) is 5.82 Å². The fourth-order valence-electron chi connectivity index (χ4n) is 3.37. The predicted molar refractivity (Wildman–Crippen MR) is 113 cm³/mol. The van der Waals surface area contributed by atoms with E-state index in [0.29, 0.717) is 35.0 Å². The number of hydrazone groups is 1. The summed E-state index contributed by atoms with van der Waals surface area (Å²) in [6.07, 6.45) is 4.96. The smallest absolute Gasteiger partial charge is 0.273 e. The lowest BCUT2D eigenvalue weighted by atomic mass is 10.0. The quantitative estimate of drug-likeness (QED) is 0.384. The Morgan fingerprint density at radius 1 is 1.32 bits per heavy atom. The van der Waals surface area contributed by atoms with Crippen LogP contribution in [0.4, 0.5) is 4.39 Å². The molecule has 1 aliphatic carbocycles. The molecule has 9 nitrogen and oxygen atoms in total. The van der Waals surface area contributed by atoms with Crippen molar-refractivity contribution in [3.63, 3.8) is 0 Å². The molecule has 0 saturated carbocycles. The van der Waals surface area contributed by atoms with E-state index in [1.165, 1.54) is 30.5 Å². The van der Waals surface area contributed by atoms with Gasteiger partial charge in [0.1, 0.15) is 24.2 Å². The van der Waals surface area contributed by atoms with Gasteiger partial charge in [-0.05, 0) is 43.2 Å². The first-order valence-electron chi connectivity index (χ1n) is 9.62. The number of amides is 1. The summed E-state index contributed by atoms with van der Waals surface area (Å²) in [5.74, 6) is 4.75. The number of aliphatic imine (C=N–C) groups is 1. The Morgan fingerprint density at radius 2 is 2.16 bits per heavy atom. The number of aromatic nitrogens is 1. The maximum absolute atomic E-state index is 13.5. The molecule has 1 aliphatic heterocycles. The molecule has 10 heteroatoms. The van der Waals surface area contributed by atoms with E-state index < -0.39 is 17.5 Å². The zero-order chi connectivity index (χ0) is 22.0. The van der Waals surface area contributed by atoms with Crippen molar-refractivity contribution in [1.82, 2.24) is 10.0 Å². The van der Waals surface area contributed by atoms with Crippen LogP contribution in [0.5, 0.6) is 0 Å². The molecule has 2 aromatic rings. The van der Waals surface area contributed by atoms with Crippen molar-refractivity contribution in [3.8, 4) is 0 Å². The van der Waals surface area contributed by atoms with E-state index in [-0.39, 0.29) is 30.3 Å². The summed E-state index contributed by atoms with van der Waals surface area (Å²) in [5.41, 5.74) is 1.59. The third kappa shape index (κ3) is 4.44. The van der Waals surface area contributed by atoms with Crippen LogP contribution in [0.25, 0.3) is 10.9 Å². The number of carbonyl (C=O) groups is 1. The maximum Gasteiger partial charge on any atom is 0.273 e. The number of pyridine rings is 1. The highest BCUT2D eigenvalue weighted by Crippen LogP contribution is 2.22. The largest absolute Gasteiger partial charge is 0.389 e. The third-order valence-corrected chi connectivity index (χ3v) is 5.00. The number of benzene rings is 1. The molecule has 0 radical (unpaired) electrons. The van der Waals surface area contributed by atoms with E-state index in [1.807, 2.05) is 0 Å². The van der Waals surface area contributed by atoms with E-state index in [2.05, 4.69) is 15.1 Å². The van der Waals surface area contributed by atoms with Crippen molar-refractivity contribution in [2.45, 2.75) is 18.9 Å². The SMILES string of the molecule is NN=C(C=NC1=CC=C(C(=O)N2C[C@H](O)CO2)CC1)c1cc2cc(F)ccc2[nH]c1=O. The van der Waals surface area contributed by atoms with Crippen molar-refractivity contribution < 1.29 is 19.1 Å². The monoisotopic (exact) mass is 425 g/mol. The molecule has 1 aromatic heterocycles. The number of β-amino-alcohol motifs (C(OH)–C–C–N with tert-alkyl or cyclic N) is 1. The molecule has 1 saturated heterocycles. The Labute approximate surface area is 176 Å². The lowest BCUT2D eigenvalue weighted by molar-refractivity contribution is -0.164. The summed E-state index contributed by atoms with van der Waals surface area (Å²) in [6.45, 7) is 0.248. The van der Waals surface area contributed by atoms with Crippen LogP contribution in [0.15, 0.2) is 62.6 Å². The zero-order valence-electron chi connectivity index (χ0n) is 16.4. The lowest BCUT2D eigenvalue weighted by Crippen LogP contribution is -2.30. The Bertz CT molecular complexity index is 1210. The number of aliphatic hydroxyl groups excluding tert-OH is 1. The molecule has 4 N–H and O–H groups in total. The minimum atomic E-state index is -0.674. The molecule has 4 rings (SSSR count). The highest BCUT2D eigenvalue weighted by atomic mass is 19.1. The molecule has 1 atom stereocenters. The molecule has 2 aliphatic rings. The first-order valence-corrected chi connectivity index (χ1v) is 9.62. The number of aliphatic hydroxyl groups is 1. The fourth-order valence-corrected chi connectivity index (χ4v) is 3.37. The minimum Gasteiger partial charge on any atom is -0.389 e. The molecule has 0 unspecified atom stereocenters. The number of carbonyl (C=O) groups excluding carboxylic acids is 1. The van der Waals surface area contributed by atoms with E-state index in [0.717, 1.165) is 5.06 Å². The van der Waals surface area contributed by atoms with Gasteiger partial charge in [-0.3, -0.25) is 19.4 Å². The molecule has 0 spiro atoms. The summed E-state index contributed by atoms with van der Waals surface area (Å²) in [5, 5.41) is 14.8. The van der Waals surface area contributed by atoms with Gasteiger partial charge in [-0.15, -0.1) is 0 Å². The van der Waals surface area contributed by atoms with Gasteiger partial charge in [0.25, 0.3) is 11.5 Å². The summed E-state index contributed by atoms with van der Waals surface area (Å²) in [7, 11) is 0. The van der Waals surface area contributed by atoms with Crippen LogP contribution in [-0.4, -0.2) is 52.2 Å². The molecule has 1 amide bonds. The lowest BCUT2D eigenvalue weighted by Gasteiger charge is -2.17. The molecule has 0 bridgehead atoms. The van der Waals surface area contributed by atoms with Crippen LogP contribution >= 0.6 is 0 Å². The van der Waals surface area contributed by atoms with Crippen LogP contribution in [0.3, 0.4) is 0 Å². The number of halogens is 1. The van der Waals surface area contributed by atoms with Gasteiger partial charge in [0.15, 0.2) is 0 Å². The molecular formula is C21H20FN5O4. The minimum absolute atomic E-state index is 0.103. The Hall–Kier alpha value is -3.63. The van der Waals surface area contributed by atoms with Crippen molar-refractivity contribution >= 4 is 28.7 Å². The van der Waals surface area contributed by atoms with Gasteiger partial charge in [-0.2, -0.15) is 5.10 Å². The zero-order valence-corrected chi connectivity index (χ0v) is 16.4. The van der Waals surface area contributed by atoms with Crippen molar-refractivity contribution in [2.24, 2.45) is 15.9 Å². The van der Waals surface area contributed by atoms with E-state index in [4.69, 9.17) is 10.7 Å². The highest BCUT2D eigenvalue weighted by Gasteiger charge is 2.28. The number of nitrogens with zero attached hydrogens (tertiary/aromatic N) is 3. The summed E-state index contributed by atoms with van der Waals surface area (Å²) >= 11 is 0. The standard InChI is InChI=1S/C21H20FN5O4/c22-14-3-6-18-13(7-14)8-17(20(29)25-18)19(26-23)9-24-15-4-1-12(2-5-15)21(30)27-10-16(28)11-31-27/h1,3-4,6-9,16,28H,2,5,10-11,23H2,(H,25,29)/t16-/m0/s1. The molecule has 2 heterocycles. The van der Waals surface area contributed by atoms with Gasteiger partial charge in [0.2, 0.25) is 0 Å². The number of rotatable bonds is 4. The number of allylic oxidation sites excluding steroid dienone is 3. The maximum atomic E-state index is 13.5. The summed E-state index contributed by atoms with van der Waals surface area (Å²) in [4.78, 5) is 36.9. The van der Waals surface area contributed by atoms with Gasteiger partial charge in [-0.1, -0.05) is 6.08 Å². The van der Waals surface area contributed by atoms with E-state index in [1.54, 1.807) is 12.2 Å². The molecule has 1 aromatic carbocycles. The van der Waals surface area contributed by atoms with Crippen LogP contribution in [0.2, 0.25) is 0 Å². The van der Waals surface area contributed by atoms with Crippen LogP contribution in [0.1, 0.15) is 18.4 Å². The number of nitrogens with two attached hydrogens (primary N) is 1. The number of H-pyrrole nitrogens is 1. The normalized spacial score (nSPS) is 19.7. The summed E-state index contributed by atoms with van der Waals surface area (Å²) < 4.78 is 13.5. The molecule has 1 fully saturated rings. The van der Waals surface area contributed by atoms with Gasteiger partial charge in [0.05, 0.1) is 18.3 Å². The van der Waals surface area contributed by atoms with Gasteiger partial charge >= 0.3 is 0 Å². The average molecular weight is 425 g/mol. The number of hydroxylamine groups is 2. The second-order valence-corrected chi connectivity index (χ2v) is 7.18. The second kappa shape index (κ2) is 8.62. The molecule has 160 valence electrons. The van der Waals surface area contributed by atoms with Crippen molar-refractivity contribution in [2.75, 3.05) is 13.2 Å².